The number of aromatic amines is 1. The number of hydrogen-bond donors (Lipinski definition) is 1. The number of ether oxygens (including phenoxy) is 1. The normalized spacial score (nSPS) is 10.6. The third kappa shape index (κ3) is 1.69. The van der Waals surface area contributed by atoms with Gasteiger partial charge < -0.3 is 9.72 Å². The van der Waals surface area contributed by atoms with Gasteiger partial charge in [-0.25, -0.2) is 4.98 Å². The summed E-state index contributed by atoms with van der Waals surface area (Å²) in [6.07, 6.45) is 3.27. The number of pyridine rings is 1. The molecular weight excluding hydrogens is 218 g/mol. The first-order valence-corrected chi connectivity index (χ1v) is 5.04. The van der Waals surface area contributed by atoms with Crippen molar-refractivity contribution in [3.8, 4) is 17.3 Å². The minimum absolute atomic E-state index is 0.545. The molecule has 0 aliphatic heterocycles. The van der Waals surface area contributed by atoms with Crippen LogP contribution in [0.1, 0.15) is 0 Å². The van der Waals surface area contributed by atoms with E-state index in [4.69, 9.17) is 4.74 Å². The maximum atomic E-state index is 5.05. The van der Waals surface area contributed by atoms with Crippen LogP contribution in [0.3, 0.4) is 0 Å². The van der Waals surface area contributed by atoms with Gasteiger partial charge in [0.25, 0.3) is 0 Å². The van der Waals surface area contributed by atoms with Crippen LogP contribution in [0.5, 0.6) is 5.88 Å². The monoisotopic (exact) mass is 227 g/mol. The number of fused-ring (bicyclic) bond motifs is 1. The van der Waals surface area contributed by atoms with Gasteiger partial charge in [-0.15, -0.1) is 0 Å². The molecule has 0 saturated heterocycles. The molecule has 3 aromatic heterocycles. The zero-order valence-electron chi connectivity index (χ0n) is 9.08. The maximum absolute atomic E-state index is 5.05. The fourth-order valence-electron chi connectivity index (χ4n) is 1.56. The Morgan fingerprint density at radius 2 is 2.06 bits per heavy atom. The molecule has 3 heterocycles. The van der Waals surface area contributed by atoms with Gasteiger partial charge in [-0.2, -0.15) is 15.2 Å². The Morgan fingerprint density at radius 3 is 2.82 bits per heavy atom. The lowest BCUT2D eigenvalue weighted by molar-refractivity contribution is 0.399. The van der Waals surface area contributed by atoms with Gasteiger partial charge in [0, 0.05) is 11.6 Å². The predicted molar refractivity (Wildman–Crippen MR) is 61.5 cm³/mol. The molecule has 6 nitrogen and oxygen atoms in total. The number of aromatic nitrogens is 5. The minimum atomic E-state index is 0.545. The fourth-order valence-corrected chi connectivity index (χ4v) is 1.56. The van der Waals surface area contributed by atoms with E-state index in [-0.39, 0.29) is 0 Å². The topological polar surface area (TPSA) is 76.6 Å². The maximum Gasteiger partial charge on any atom is 0.215 e. The largest absolute Gasteiger partial charge is 0.481 e. The summed E-state index contributed by atoms with van der Waals surface area (Å²) >= 11 is 0. The van der Waals surface area contributed by atoms with E-state index in [9.17, 15) is 0 Å². The lowest BCUT2D eigenvalue weighted by Gasteiger charge is -1.95. The average molecular weight is 227 g/mol. The van der Waals surface area contributed by atoms with E-state index in [1.165, 1.54) is 0 Å². The van der Waals surface area contributed by atoms with Crippen LogP contribution < -0.4 is 4.74 Å². The summed E-state index contributed by atoms with van der Waals surface area (Å²) in [5.41, 5.74) is 2.35. The van der Waals surface area contributed by atoms with Gasteiger partial charge in [-0.05, 0) is 12.1 Å². The smallest absolute Gasteiger partial charge is 0.215 e. The van der Waals surface area contributed by atoms with E-state index in [1.807, 2.05) is 12.1 Å². The Kier molecular flexibility index (Phi) is 2.18. The third-order valence-electron chi connectivity index (χ3n) is 2.39. The first-order chi connectivity index (χ1) is 8.36. The van der Waals surface area contributed by atoms with E-state index in [1.54, 1.807) is 25.6 Å². The van der Waals surface area contributed by atoms with Gasteiger partial charge in [-0.1, -0.05) is 0 Å². The predicted octanol–water partition coefficient (Wildman–Crippen LogP) is 1.42. The van der Waals surface area contributed by atoms with Gasteiger partial charge >= 0.3 is 0 Å². The molecule has 0 fully saturated rings. The van der Waals surface area contributed by atoms with E-state index >= 15 is 0 Å². The zero-order valence-corrected chi connectivity index (χ0v) is 9.08. The van der Waals surface area contributed by atoms with Crippen molar-refractivity contribution >= 4 is 11.2 Å². The van der Waals surface area contributed by atoms with Gasteiger partial charge in [-0.3, -0.25) is 0 Å². The number of H-pyrrole nitrogens is 1. The van der Waals surface area contributed by atoms with Crippen LogP contribution in [0.2, 0.25) is 0 Å². The first-order valence-electron chi connectivity index (χ1n) is 5.04. The summed E-state index contributed by atoms with van der Waals surface area (Å²) in [6.45, 7) is 0. The van der Waals surface area contributed by atoms with Crippen molar-refractivity contribution in [1.82, 2.24) is 25.1 Å². The highest BCUT2D eigenvalue weighted by Gasteiger charge is 2.07. The second kappa shape index (κ2) is 3.82. The number of nitrogens with one attached hydrogen (secondary N) is 1. The SMILES string of the molecule is COc1ccc2[nH]c(-c3ccnnc3)nc2n1. The highest BCUT2D eigenvalue weighted by molar-refractivity contribution is 5.76. The van der Waals surface area contributed by atoms with Gasteiger partial charge in [0.2, 0.25) is 5.88 Å². The van der Waals surface area contributed by atoms with Crippen molar-refractivity contribution < 1.29 is 4.74 Å². The quantitative estimate of drug-likeness (QED) is 0.716. The number of hydrogen-bond acceptors (Lipinski definition) is 5. The molecule has 0 unspecified atom stereocenters. The van der Waals surface area contributed by atoms with Crippen LogP contribution in [0.25, 0.3) is 22.6 Å². The second-order valence-corrected chi connectivity index (χ2v) is 3.44. The van der Waals surface area contributed by atoms with E-state index in [0.717, 1.165) is 16.9 Å². The minimum Gasteiger partial charge on any atom is -0.481 e. The highest BCUT2D eigenvalue weighted by atomic mass is 16.5. The third-order valence-corrected chi connectivity index (χ3v) is 2.39. The van der Waals surface area contributed by atoms with E-state index in [2.05, 4.69) is 25.1 Å². The molecule has 6 heteroatoms. The summed E-state index contributed by atoms with van der Waals surface area (Å²) in [4.78, 5) is 11.8. The van der Waals surface area contributed by atoms with Gasteiger partial charge in [0.1, 0.15) is 5.82 Å². The number of methoxy groups -OCH3 is 1. The molecular formula is C11H9N5O. The van der Waals surface area contributed by atoms with Crippen LogP contribution in [-0.4, -0.2) is 32.3 Å². The van der Waals surface area contributed by atoms with Gasteiger partial charge in [0.05, 0.1) is 25.0 Å². The fraction of sp³-hybridized carbons (Fsp3) is 0.0909. The molecule has 0 atom stereocenters. The van der Waals surface area contributed by atoms with Crippen LogP contribution in [0, 0.1) is 0 Å². The Morgan fingerprint density at radius 1 is 1.12 bits per heavy atom. The molecule has 17 heavy (non-hydrogen) atoms. The molecule has 84 valence electrons. The molecule has 0 bridgehead atoms. The van der Waals surface area contributed by atoms with Crippen LogP contribution in [0.4, 0.5) is 0 Å². The van der Waals surface area contributed by atoms with Crippen LogP contribution in [-0.2, 0) is 0 Å². The standard InChI is InChI=1S/C11H9N5O/c1-17-9-3-2-8-11(15-9)16-10(14-8)7-4-5-12-13-6-7/h2-6H,1H3,(H,14,15,16). The molecule has 0 aliphatic rings. The second-order valence-electron chi connectivity index (χ2n) is 3.44. The Labute approximate surface area is 96.7 Å². The molecule has 1 N–H and O–H groups in total. The zero-order chi connectivity index (χ0) is 11.7. The first kappa shape index (κ1) is 9.71. The molecule has 3 rings (SSSR count). The molecule has 0 amide bonds. The van der Waals surface area contributed by atoms with Crippen LogP contribution in [0.15, 0.2) is 30.6 Å². The van der Waals surface area contributed by atoms with Crippen molar-refractivity contribution in [1.29, 1.82) is 0 Å². The molecule has 0 saturated carbocycles. The Balaban J connectivity index is 2.14. The van der Waals surface area contributed by atoms with E-state index < -0.39 is 0 Å². The average Bonchev–Trinajstić information content (AvgIpc) is 2.82. The van der Waals surface area contributed by atoms with Crippen molar-refractivity contribution in [2.24, 2.45) is 0 Å². The molecule has 0 aromatic carbocycles. The Hall–Kier alpha value is -2.50. The summed E-state index contributed by atoms with van der Waals surface area (Å²) in [7, 11) is 1.58. The van der Waals surface area contributed by atoms with Crippen molar-refractivity contribution in [3.63, 3.8) is 0 Å². The molecule has 0 radical (unpaired) electrons. The lowest BCUT2D eigenvalue weighted by Crippen LogP contribution is -1.86. The van der Waals surface area contributed by atoms with Crippen molar-refractivity contribution in [2.45, 2.75) is 0 Å². The van der Waals surface area contributed by atoms with Crippen molar-refractivity contribution in [2.75, 3.05) is 7.11 Å². The van der Waals surface area contributed by atoms with Crippen LogP contribution >= 0.6 is 0 Å². The highest BCUT2D eigenvalue weighted by Crippen LogP contribution is 2.19. The summed E-state index contributed by atoms with van der Waals surface area (Å²) in [5, 5.41) is 7.53. The summed E-state index contributed by atoms with van der Waals surface area (Å²) < 4.78 is 5.05. The molecule has 0 aliphatic carbocycles. The van der Waals surface area contributed by atoms with Gasteiger partial charge in [0.15, 0.2) is 5.65 Å². The Bertz CT molecular complexity index is 649. The number of nitrogens with zero attached hydrogens (tertiary/aromatic N) is 4. The van der Waals surface area contributed by atoms with Crippen molar-refractivity contribution in [3.05, 3.63) is 30.6 Å². The number of rotatable bonds is 2. The lowest BCUT2D eigenvalue weighted by atomic mass is 10.3. The molecule has 0 spiro atoms. The summed E-state index contributed by atoms with van der Waals surface area (Å²) in [6, 6.07) is 5.50. The number of imidazole rings is 1. The summed E-state index contributed by atoms with van der Waals surface area (Å²) in [5.74, 6) is 1.26. The van der Waals surface area contributed by atoms with E-state index in [0.29, 0.717) is 11.5 Å². The molecule has 3 aromatic rings.